The summed E-state index contributed by atoms with van der Waals surface area (Å²) in [6, 6.07) is 26.9. The van der Waals surface area contributed by atoms with E-state index in [4.69, 9.17) is 17.8 Å². The van der Waals surface area contributed by atoms with Crippen LogP contribution in [0.15, 0.2) is 101 Å². The Kier molecular flexibility index (Phi) is 4.85. The lowest BCUT2D eigenvalue weighted by Gasteiger charge is -2.07. The smallest absolute Gasteiger partial charge is 0.140 e. The molecule has 5 aromatic carbocycles. The Morgan fingerprint density at radius 2 is 1.54 bits per heavy atom. The molecule has 0 aliphatic heterocycles. The fourth-order valence-corrected chi connectivity index (χ4v) is 5.93. The van der Waals surface area contributed by atoms with Crippen molar-refractivity contribution >= 4 is 95.5 Å². The van der Waals surface area contributed by atoms with Gasteiger partial charge in [-0.15, -0.1) is 0 Å². The third-order valence-corrected chi connectivity index (χ3v) is 7.93. The van der Waals surface area contributed by atoms with E-state index in [9.17, 15) is 0 Å². The van der Waals surface area contributed by atoms with Crippen LogP contribution in [-0.4, -0.2) is 34.0 Å². The highest BCUT2D eigenvalue weighted by Crippen LogP contribution is 2.38. The summed E-state index contributed by atoms with van der Waals surface area (Å²) in [6.45, 7) is 0. The monoisotopic (exact) mass is 563 g/mol. The van der Waals surface area contributed by atoms with Gasteiger partial charge in [0, 0.05) is 66.8 Å². The largest absolute Gasteiger partial charge is 0.361 e. The molecule has 0 fully saturated rings. The van der Waals surface area contributed by atoms with Gasteiger partial charge in [-0.3, -0.25) is 4.99 Å². The van der Waals surface area contributed by atoms with Gasteiger partial charge in [0.05, 0.1) is 16.7 Å². The summed E-state index contributed by atoms with van der Waals surface area (Å²) >= 11 is 3.57. The van der Waals surface area contributed by atoms with E-state index in [-0.39, 0.29) is 0 Å². The molecular weight excluding hydrogens is 545 g/mol. The predicted octanol–water partition coefficient (Wildman–Crippen LogP) is 7.81. The van der Waals surface area contributed by atoms with Crippen molar-refractivity contribution in [2.75, 3.05) is 0 Å². The summed E-state index contributed by atoms with van der Waals surface area (Å²) in [7, 11) is 6.11. The van der Waals surface area contributed by atoms with Crippen molar-refractivity contribution in [2.24, 2.45) is 4.99 Å². The number of aromatic amines is 3. The minimum Gasteiger partial charge on any atom is -0.361 e. The minimum atomic E-state index is 0.723. The van der Waals surface area contributed by atoms with Gasteiger partial charge in [-0.25, -0.2) is 4.98 Å². The third-order valence-electron chi connectivity index (χ3n) is 7.44. The number of hydrogen-bond donors (Lipinski definition) is 3. The number of rotatable bonds is 3. The zero-order valence-corrected chi connectivity index (χ0v) is 22.2. The zero-order chi connectivity index (χ0) is 26.1. The quantitative estimate of drug-likeness (QED) is 0.114. The minimum absolute atomic E-state index is 0.723. The highest BCUT2D eigenvalue weighted by Gasteiger charge is 2.16. The first-order valence-corrected chi connectivity index (χ1v) is 13.4. The Balaban J connectivity index is 1.33. The predicted molar refractivity (Wildman–Crippen MR) is 167 cm³/mol. The van der Waals surface area contributed by atoms with Gasteiger partial charge in [-0.05, 0) is 47.2 Å². The average Bonchev–Trinajstić information content (AvgIpc) is 3.68. The summed E-state index contributed by atoms with van der Waals surface area (Å²) in [6.07, 6.45) is 5.89. The Morgan fingerprint density at radius 1 is 0.744 bits per heavy atom. The van der Waals surface area contributed by atoms with Crippen molar-refractivity contribution < 1.29 is 0 Å². The van der Waals surface area contributed by atoms with Crippen molar-refractivity contribution in [3.05, 3.63) is 101 Å². The van der Waals surface area contributed by atoms with Gasteiger partial charge in [0.15, 0.2) is 0 Å². The van der Waals surface area contributed by atoms with E-state index in [1.165, 1.54) is 5.39 Å². The molecule has 8 aromatic rings. The van der Waals surface area contributed by atoms with Gasteiger partial charge in [-0.1, -0.05) is 63.9 Å². The molecule has 0 unspecified atom stereocenters. The molecule has 0 saturated carbocycles. The molecule has 0 amide bonds. The second-order valence-electron chi connectivity index (χ2n) is 9.78. The van der Waals surface area contributed by atoms with E-state index in [1.807, 2.05) is 42.9 Å². The van der Waals surface area contributed by atoms with Crippen LogP contribution in [0, 0.1) is 0 Å². The maximum absolute atomic E-state index is 6.11. The number of aromatic nitrogens is 4. The van der Waals surface area contributed by atoms with E-state index in [0.717, 1.165) is 81.6 Å². The Hall–Kier alpha value is -4.62. The molecule has 7 heteroatoms. The van der Waals surface area contributed by atoms with Gasteiger partial charge in [0.25, 0.3) is 0 Å². The Morgan fingerprint density at radius 3 is 2.46 bits per heavy atom. The van der Waals surface area contributed by atoms with Crippen molar-refractivity contribution in [1.82, 2.24) is 19.9 Å². The van der Waals surface area contributed by atoms with Crippen LogP contribution in [0.25, 0.3) is 65.8 Å². The SMILES string of the molecule is [B]c1ccc2[nH]cc(-c3nc4c5ccccc5c5ccc(N=Cc6c[nH]c7ccc(Br)cc67)cc5c4[nH]3)c2c1. The Labute approximate surface area is 232 Å². The normalized spacial score (nSPS) is 12.2. The first kappa shape index (κ1) is 22.4. The number of nitrogens with one attached hydrogen (secondary N) is 3. The van der Waals surface area contributed by atoms with E-state index in [1.54, 1.807) is 0 Å². The molecule has 0 saturated heterocycles. The first-order valence-electron chi connectivity index (χ1n) is 12.6. The standard InChI is InChI=1S/C32H19BBrN5/c33-18-5-9-29-25(11-18)27(16-37-29)32-38-30-23-4-2-1-3-21(23)22-8-7-20(13-26(22)31(30)39-32)35-14-17-15-36-28-10-6-19(34)12-24(17)28/h1-16,36-37H,(H,38,39). The molecule has 3 aromatic heterocycles. The number of aliphatic imine (C=N–C) groups is 1. The zero-order valence-electron chi connectivity index (χ0n) is 20.6. The van der Waals surface area contributed by atoms with E-state index >= 15 is 0 Å². The van der Waals surface area contributed by atoms with Gasteiger partial charge in [0.1, 0.15) is 13.7 Å². The van der Waals surface area contributed by atoms with Gasteiger partial charge in [0.2, 0.25) is 0 Å². The molecule has 39 heavy (non-hydrogen) atoms. The molecule has 0 aliphatic rings. The summed E-state index contributed by atoms with van der Waals surface area (Å²) in [5, 5.41) is 6.68. The molecule has 3 N–H and O–H groups in total. The summed E-state index contributed by atoms with van der Waals surface area (Å²) in [4.78, 5) is 20.3. The van der Waals surface area contributed by atoms with E-state index < -0.39 is 0 Å². The molecule has 0 bridgehead atoms. The van der Waals surface area contributed by atoms with Crippen molar-refractivity contribution in [1.29, 1.82) is 0 Å². The lowest BCUT2D eigenvalue weighted by Crippen LogP contribution is -1.99. The highest BCUT2D eigenvalue weighted by atomic mass is 79.9. The Bertz CT molecular complexity index is 2270. The molecule has 0 aliphatic carbocycles. The van der Waals surface area contributed by atoms with Crippen LogP contribution in [-0.2, 0) is 0 Å². The van der Waals surface area contributed by atoms with Crippen molar-refractivity contribution in [2.45, 2.75) is 0 Å². The number of benzene rings is 5. The number of hydrogen-bond acceptors (Lipinski definition) is 2. The van der Waals surface area contributed by atoms with E-state index in [0.29, 0.717) is 0 Å². The number of fused-ring (bicyclic) bond motifs is 8. The average molecular weight is 564 g/mol. The first-order chi connectivity index (χ1) is 19.1. The number of halogens is 1. The maximum Gasteiger partial charge on any atom is 0.140 e. The number of nitrogens with zero attached hydrogens (tertiary/aromatic N) is 2. The molecule has 3 heterocycles. The van der Waals surface area contributed by atoms with E-state index in [2.05, 4.69) is 85.5 Å². The lowest BCUT2D eigenvalue weighted by molar-refractivity contribution is 1.34. The molecule has 0 atom stereocenters. The second-order valence-corrected chi connectivity index (χ2v) is 10.7. The third kappa shape index (κ3) is 3.54. The van der Waals surface area contributed by atoms with Crippen LogP contribution in [0.3, 0.4) is 0 Å². The summed E-state index contributed by atoms with van der Waals surface area (Å²) < 4.78 is 1.04. The van der Waals surface area contributed by atoms with Crippen LogP contribution in [0.1, 0.15) is 5.56 Å². The number of imidazole rings is 1. The van der Waals surface area contributed by atoms with Crippen LogP contribution in [0.5, 0.6) is 0 Å². The van der Waals surface area contributed by atoms with Gasteiger partial charge in [-0.2, -0.15) is 0 Å². The molecular formula is C32H19BBrN5. The molecule has 5 nitrogen and oxygen atoms in total. The van der Waals surface area contributed by atoms with Crippen LogP contribution in [0.4, 0.5) is 5.69 Å². The molecule has 2 radical (unpaired) electrons. The van der Waals surface area contributed by atoms with Gasteiger partial charge < -0.3 is 15.0 Å². The van der Waals surface area contributed by atoms with Crippen molar-refractivity contribution in [3.8, 4) is 11.4 Å². The lowest BCUT2D eigenvalue weighted by atomic mass is 9.94. The number of H-pyrrole nitrogens is 3. The fraction of sp³-hybridized carbons (Fsp3) is 0. The molecule has 0 spiro atoms. The second kappa shape index (κ2) is 8.45. The molecule has 182 valence electrons. The fourth-order valence-electron chi connectivity index (χ4n) is 5.57. The van der Waals surface area contributed by atoms with Crippen LogP contribution >= 0.6 is 15.9 Å². The summed E-state index contributed by atoms with van der Waals surface area (Å²) in [5.74, 6) is 0.803. The maximum atomic E-state index is 6.11. The van der Waals surface area contributed by atoms with Crippen molar-refractivity contribution in [3.63, 3.8) is 0 Å². The van der Waals surface area contributed by atoms with Crippen LogP contribution < -0.4 is 5.46 Å². The highest BCUT2D eigenvalue weighted by molar-refractivity contribution is 9.10. The summed E-state index contributed by atoms with van der Waals surface area (Å²) in [5.41, 5.74) is 7.66. The van der Waals surface area contributed by atoms with Gasteiger partial charge >= 0.3 is 0 Å². The topological polar surface area (TPSA) is 72.6 Å². The molecule has 8 rings (SSSR count). The van der Waals surface area contributed by atoms with Crippen LogP contribution in [0.2, 0.25) is 0 Å².